The van der Waals surface area contributed by atoms with E-state index in [1.165, 1.54) is 23.9 Å². The quantitative estimate of drug-likeness (QED) is 0.784. The van der Waals surface area contributed by atoms with Gasteiger partial charge in [0.15, 0.2) is 4.87 Å². The lowest BCUT2D eigenvalue weighted by molar-refractivity contribution is -0.141. The number of carbonyl (C=O) groups excluding carboxylic acids is 1. The van der Waals surface area contributed by atoms with Crippen molar-refractivity contribution in [2.24, 2.45) is 16.8 Å². The summed E-state index contributed by atoms with van der Waals surface area (Å²) in [4.78, 5) is 12.0. The zero-order chi connectivity index (χ0) is 21.3. The maximum atomic E-state index is 14.6. The standard InChI is InChI=1S/C21H21F2N3O3S/c1-28-12-19(27)26-21(30-20(25-26)15-10-14(22)6-7-17(15)23)13(8-9-24)11-29-18-5-3-2-4-16(18)21/h2-7,10,13H,8-9,11-12,24H2,1H3. The molecule has 2 atom stereocenters. The Morgan fingerprint density at radius 3 is 2.93 bits per heavy atom. The molecule has 2 unspecified atom stereocenters. The number of para-hydroxylation sites is 1. The molecule has 1 spiro atoms. The highest BCUT2D eigenvalue weighted by molar-refractivity contribution is 8.15. The third-order valence-electron chi connectivity index (χ3n) is 5.20. The van der Waals surface area contributed by atoms with Crippen LogP contribution in [0.2, 0.25) is 0 Å². The molecule has 2 aromatic rings. The lowest BCUT2D eigenvalue weighted by Crippen LogP contribution is -2.52. The lowest BCUT2D eigenvalue weighted by Gasteiger charge is -2.45. The zero-order valence-electron chi connectivity index (χ0n) is 16.3. The average Bonchev–Trinajstić information content (AvgIpc) is 3.13. The molecule has 2 aromatic carbocycles. The Morgan fingerprint density at radius 2 is 2.17 bits per heavy atom. The molecule has 30 heavy (non-hydrogen) atoms. The van der Waals surface area contributed by atoms with Crippen molar-refractivity contribution in [3.8, 4) is 5.75 Å². The molecule has 2 N–H and O–H groups in total. The largest absolute Gasteiger partial charge is 0.493 e. The topological polar surface area (TPSA) is 77.1 Å². The molecule has 4 rings (SSSR count). The van der Waals surface area contributed by atoms with Crippen LogP contribution >= 0.6 is 11.8 Å². The number of hydrogen-bond acceptors (Lipinski definition) is 6. The molecule has 0 bridgehead atoms. The summed E-state index contributed by atoms with van der Waals surface area (Å²) in [6, 6.07) is 10.5. The molecule has 9 heteroatoms. The molecule has 2 aliphatic rings. The Bertz CT molecular complexity index is 1000. The van der Waals surface area contributed by atoms with E-state index in [9.17, 15) is 13.6 Å². The van der Waals surface area contributed by atoms with Crippen LogP contribution in [0.15, 0.2) is 47.6 Å². The van der Waals surface area contributed by atoms with E-state index in [-0.39, 0.29) is 23.1 Å². The molecule has 2 heterocycles. The highest BCUT2D eigenvalue weighted by Gasteiger charge is 2.56. The van der Waals surface area contributed by atoms with Gasteiger partial charge in [-0.15, -0.1) is 0 Å². The van der Waals surface area contributed by atoms with Crippen LogP contribution in [0.1, 0.15) is 17.5 Å². The third kappa shape index (κ3) is 3.36. The molecule has 0 saturated heterocycles. The number of nitrogens with zero attached hydrogens (tertiary/aromatic N) is 2. The van der Waals surface area contributed by atoms with Gasteiger partial charge in [-0.05, 0) is 37.2 Å². The number of hydrogen-bond donors (Lipinski definition) is 1. The van der Waals surface area contributed by atoms with Crippen molar-refractivity contribution >= 4 is 22.7 Å². The van der Waals surface area contributed by atoms with Crippen LogP contribution in [0.25, 0.3) is 0 Å². The molecular formula is C21H21F2N3O3S. The number of rotatable bonds is 5. The van der Waals surface area contributed by atoms with Crippen molar-refractivity contribution in [1.82, 2.24) is 5.01 Å². The highest BCUT2D eigenvalue weighted by Crippen LogP contribution is 2.57. The van der Waals surface area contributed by atoms with Crippen molar-refractivity contribution in [2.45, 2.75) is 11.3 Å². The fourth-order valence-corrected chi connectivity index (χ4v) is 5.43. The third-order valence-corrected chi connectivity index (χ3v) is 6.73. The number of fused-ring (bicyclic) bond motifs is 2. The van der Waals surface area contributed by atoms with Crippen LogP contribution < -0.4 is 10.5 Å². The first kappa shape index (κ1) is 20.8. The van der Waals surface area contributed by atoms with Crippen LogP contribution in [0.3, 0.4) is 0 Å². The summed E-state index contributed by atoms with van der Waals surface area (Å²) < 4.78 is 39.4. The predicted octanol–water partition coefficient (Wildman–Crippen LogP) is 3.06. The van der Waals surface area contributed by atoms with Crippen LogP contribution in [0, 0.1) is 17.6 Å². The zero-order valence-corrected chi connectivity index (χ0v) is 17.1. The number of hydrazone groups is 1. The van der Waals surface area contributed by atoms with E-state index in [0.717, 1.165) is 23.8 Å². The van der Waals surface area contributed by atoms with E-state index in [1.54, 1.807) is 0 Å². The van der Waals surface area contributed by atoms with Gasteiger partial charge in [-0.2, -0.15) is 5.10 Å². The maximum Gasteiger partial charge on any atom is 0.270 e. The molecule has 0 radical (unpaired) electrons. The van der Waals surface area contributed by atoms with Crippen LogP contribution in [0.4, 0.5) is 8.78 Å². The highest BCUT2D eigenvalue weighted by atomic mass is 32.2. The number of thioether (sulfide) groups is 1. The number of nitrogens with two attached hydrogens (primary N) is 1. The Kier molecular flexibility index (Phi) is 5.77. The monoisotopic (exact) mass is 433 g/mol. The molecule has 6 nitrogen and oxygen atoms in total. The van der Waals surface area contributed by atoms with Gasteiger partial charge >= 0.3 is 0 Å². The smallest absolute Gasteiger partial charge is 0.270 e. The molecule has 0 fully saturated rings. The Labute approximate surface area is 177 Å². The second kappa shape index (κ2) is 8.33. The Morgan fingerprint density at radius 1 is 1.37 bits per heavy atom. The fourth-order valence-electron chi connectivity index (χ4n) is 3.89. The van der Waals surface area contributed by atoms with E-state index in [2.05, 4.69) is 5.10 Å². The molecule has 2 aliphatic heterocycles. The number of carbonyl (C=O) groups is 1. The lowest BCUT2D eigenvalue weighted by atomic mass is 9.86. The Hall–Kier alpha value is -2.49. The summed E-state index contributed by atoms with van der Waals surface area (Å²) in [5, 5.41) is 6.02. The second-order valence-electron chi connectivity index (χ2n) is 7.05. The van der Waals surface area contributed by atoms with Crippen molar-refractivity contribution in [2.75, 3.05) is 26.9 Å². The van der Waals surface area contributed by atoms with Crippen molar-refractivity contribution in [3.05, 3.63) is 65.2 Å². The van der Waals surface area contributed by atoms with Crippen LogP contribution in [-0.4, -0.2) is 42.8 Å². The average molecular weight is 433 g/mol. The maximum absolute atomic E-state index is 14.6. The van der Waals surface area contributed by atoms with Crippen molar-refractivity contribution < 1.29 is 23.0 Å². The predicted molar refractivity (Wildman–Crippen MR) is 110 cm³/mol. The van der Waals surface area contributed by atoms with E-state index >= 15 is 0 Å². The SMILES string of the molecule is COCC(=O)N1N=C(c2cc(F)ccc2F)SC12c1ccccc1OCC2CCN. The summed E-state index contributed by atoms with van der Waals surface area (Å²) in [6.45, 7) is 0.476. The first-order chi connectivity index (χ1) is 14.5. The van der Waals surface area contributed by atoms with Crippen LogP contribution in [0.5, 0.6) is 5.75 Å². The van der Waals surface area contributed by atoms with E-state index in [4.69, 9.17) is 15.2 Å². The minimum Gasteiger partial charge on any atom is -0.493 e. The minimum absolute atomic E-state index is 0.00237. The second-order valence-corrected chi connectivity index (χ2v) is 8.26. The summed E-state index contributed by atoms with van der Waals surface area (Å²) >= 11 is 1.22. The first-order valence-electron chi connectivity index (χ1n) is 9.48. The molecule has 158 valence electrons. The minimum atomic E-state index is -1.00. The van der Waals surface area contributed by atoms with Gasteiger partial charge in [-0.1, -0.05) is 30.0 Å². The van der Waals surface area contributed by atoms with Gasteiger partial charge in [0, 0.05) is 24.2 Å². The molecule has 0 saturated carbocycles. The molecule has 0 aromatic heterocycles. The number of ether oxygens (including phenoxy) is 2. The Balaban J connectivity index is 1.90. The normalized spacial score (nSPS) is 22.6. The number of halogens is 2. The molecule has 0 aliphatic carbocycles. The number of benzene rings is 2. The van der Waals surface area contributed by atoms with Gasteiger partial charge in [0.05, 0.1) is 6.61 Å². The summed E-state index contributed by atoms with van der Waals surface area (Å²) in [6.07, 6.45) is 0.548. The van der Waals surface area contributed by atoms with Gasteiger partial charge in [0.1, 0.15) is 29.0 Å². The van der Waals surface area contributed by atoms with Gasteiger partial charge in [-0.3, -0.25) is 4.79 Å². The molecule has 1 amide bonds. The first-order valence-corrected chi connectivity index (χ1v) is 10.3. The summed E-state index contributed by atoms with van der Waals surface area (Å²) in [5.74, 6) is -1.20. The van der Waals surface area contributed by atoms with Crippen LogP contribution in [-0.2, 0) is 14.4 Å². The van der Waals surface area contributed by atoms with Gasteiger partial charge in [-0.25, -0.2) is 13.8 Å². The van der Waals surface area contributed by atoms with Crippen molar-refractivity contribution in [1.29, 1.82) is 0 Å². The fraction of sp³-hybridized carbons (Fsp3) is 0.333. The molecular weight excluding hydrogens is 412 g/mol. The summed E-state index contributed by atoms with van der Waals surface area (Å²) in [5.41, 5.74) is 6.60. The summed E-state index contributed by atoms with van der Waals surface area (Å²) in [7, 11) is 1.42. The van der Waals surface area contributed by atoms with E-state index in [1.807, 2.05) is 24.3 Å². The number of methoxy groups -OCH3 is 1. The van der Waals surface area contributed by atoms with Gasteiger partial charge in [0.25, 0.3) is 5.91 Å². The number of amides is 1. The van der Waals surface area contributed by atoms with Gasteiger partial charge in [0.2, 0.25) is 0 Å². The van der Waals surface area contributed by atoms with Crippen molar-refractivity contribution in [3.63, 3.8) is 0 Å². The van der Waals surface area contributed by atoms with Gasteiger partial charge < -0.3 is 15.2 Å². The van der Waals surface area contributed by atoms with E-state index in [0.29, 0.717) is 25.3 Å². The van der Waals surface area contributed by atoms with E-state index < -0.39 is 22.4 Å².